The van der Waals surface area contributed by atoms with E-state index in [9.17, 15) is 9.59 Å². The average Bonchev–Trinajstić information content (AvgIpc) is 2.82. The van der Waals surface area contributed by atoms with Gasteiger partial charge in [0.25, 0.3) is 5.91 Å². The van der Waals surface area contributed by atoms with Crippen LogP contribution in [0.2, 0.25) is 0 Å². The van der Waals surface area contributed by atoms with Gasteiger partial charge in [0.1, 0.15) is 0 Å². The predicted molar refractivity (Wildman–Crippen MR) is 125 cm³/mol. The highest BCUT2D eigenvalue weighted by molar-refractivity contribution is 7.99. The van der Waals surface area contributed by atoms with Crippen LogP contribution in [0.25, 0.3) is 0 Å². The van der Waals surface area contributed by atoms with E-state index in [1.54, 1.807) is 34.9 Å². The summed E-state index contributed by atoms with van der Waals surface area (Å²) in [6.07, 6.45) is 0. The topological polar surface area (TPSA) is 76.1 Å². The molecule has 0 saturated heterocycles. The molecular weight excluding hydrogens is 426 g/mol. The number of carboxylic acid groups (broad SMARTS) is 1. The number of hydrogen-bond donors (Lipinski definition) is 1. The predicted octanol–water partition coefficient (Wildman–Crippen LogP) is 4.40. The van der Waals surface area contributed by atoms with E-state index >= 15 is 0 Å². The van der Waals surface area contributed by atoms with E-state index in [2.05, 4.69) is 24.3 Å². The molecule has 0 fully saturated rings. The van der Waals surface area contributed by atoms with Gasteiger partial charge in [0.15, 0.2) is 24.7 Å². The van der Waals surface area contributed by atoms with Gasteiger partial charge < -0.3 is 19.5 Å². The summed E-state index contributed by atoms with van der Waals surface area (Å²) in [7, 11) is 0. The van der Waals surface area contributed by atoms with Crippen LogP contribution in [0.4, 0.5) is 5.69 Å². The second-order valence-electron chi connectivity index (χ2n) is 7.19. The number of para-hydroxylation sites is 1. The standard InChI is InChI=1S/C25H23NO5S/c27-22-16-31-24-20(12-7-13-21(24)30-17-23(28)29)26(22)14-15-32-25(18-8-3-1-4-9-18)19-10-5-2-6-11-19/h1-13,25H,14-17H2,(H,28,29). The number of amides is 1. The molecule has 0 unspecified atom stereocenters. The number of nitrogens with zero attached hydrogens (tertiary/aromatic N) is 1. The summed E-state index contributed by atoms with van der Waals surface area (Å²) in [5, 5.41) is 9.05. The van der Waals surface area contributed by atoms with Crippen LogP contribution in [0.1, 0.15) is 16.4 Å². The molecule has 0 aliphatic carbocycles. The lowest BCUT2D eigenvalue weighted by Gasteiger charge is -2.30. The molecule has 0 aromatic heterocycles. The molecule has 3 aromatic carbocycles. The van der Waals surface area contributed by atoms with Gasteiger partial charge >= 0.3 is 5.97 Å². The fourth-order valence-corrected chi connectivity index (χ4v) is 4.83. The number of rotatable bonds is 9. The Hall–Kier alpha value is -3.45. The molecule has 1 heterocycles. The second-order valence-corrected chi connectivity index (χ2v) is 8.41. The number of thioether (sulfide) groups is 1. The van der Waals surface area contributed by atoms with E-state index in [0.29, 0.717) is 29.5 Å². The highest BCUT2D eigenvalue weighted by Gasteiger charge is 2.28. The first-order valence-corrected chi connectivity index (χ1v) is 11.3. The maximum atomic E-state index is 12.6. The molecular formula is C25H23NO5S. The number of hydrogen-bond acceptors (Lipinski definition) is 5. The molecule has 0 bridgehead atoms. The Bertz CT molecular complexity index is 1030. The van der Waals surface area contributed by atoms with E-state index in [4.69, 9.17) is 14.6 Å². The molecule has 164 valence electrons. The van der Waals surface area contributed by atoms with Crippen LogP contribution in [0.3, 0.4) is 0 Å². The average molecular weight is 450 g/mol. The molecule has 3 aromatic rings. The minimum absolute atomic E-state index is 0.105. The second kappa shape index (κ2) is 10.2. The van der Waals surface area contributed by atoms with Crippen LogP contribution in [-0.4, -0.2) is 42.5 Å². The molecule has 32 heavy (non-hydrogen) atoms. The fraction of sp³-hybridized carbons (Fsp3) is 0.200. The van der Waals surface area contributed by atoms with Gasteiger partial charge in [-0.05, 0) is 23.3 Å². The van der Waals surface area contributed by atoms with Crippen molar-refractivity contribution in [1.82, 2.24) is 0 Å². The maximum Gasteiger partial charge on any atom is 0.341 e. The zero-order chi connectivity index (χ0) is 22.3. The van der Waals surface area contributed by atoms with Gasteiger partial charge in [-0.3, -0.25) is 4.79 Å². The highest BCUT2D eigenvalue weighted by atomic mass is 32.2. The number of benzene rings is 3. The molecule has 7 heteroatoms. The zero-order valence-electron chi connectivity index (χ0n) is 17.3. The van der Waals surface area contributed by atoms with Crippen molar-refractivity contribution >= 4 is 29.3 Å². The molecule has 1 amide bonds. The third-order valence-electron chi connectivity index (χ3n) is 5.05. The first kappa shape index (κ1) is 21.8. The van der Waals surface area contributed by atoms with Crippen molar-refractivity contribution in [3.63, 3.8) is 0 Å². The minimum Gasteiger partial charge on any atom is -0.479 e. The highest BCUT2D eigenvalue weighted by Crippen LogP contribution is 2.41. The van der Waals surface area contributed by atoms with Gasteiger partial charge in [0.2, 0.25) is 0 Å². The van der Waals surface area contributed by atoms with Crippen molar-refractivity contribution in [1.29, 1.82) is 0 Å². The summed E-state index contributed by atoms with van der Waals surface area (Å²) in [6.45, 7) is -0.0796. The van der Waals surface area contributed by atoms with E-state index in [1.165, 1.54) is 11.1 Å². The molecule has 1 N–H and O–H groups in total. The molecule has 6 nitrogen and oxygen atoms in total. The first-order valence-electron chi connectivity index (χ1n) is 10.3. The largest absolute Gasteiger partial charge is 0.479 e. The Balaban J connectivity index is 1.50. The van der Waals surface area contributed by atoms with Gasteiger partial charge in [0.05, 0.1) is 10.9 Å². The minimum atomic E-state index is -1.07. The lowest BCUT2D eigenvalue weighted by Crippen LogP contribution is -2.40. The van der Waals surface area contributed by atoms with Crippen molar-refractivity contribution in [2.24, 2.45) is 0 Å². The van der Waals surface area contributed by atoms with Gasteiger partial charge in [0, 0.05) is 12.3 Å². The molecule has 0 radical (unpaired) electrons. The smallest absolute Gasteiger partial charge is 0.341 e. The fourth-order valence-electron chi connectivity index (χ4n) is 3.61. The van der Waals surface area contributed by atoms with Crippen molar-refractivity contribution < 1.29 is 24.2 Å². The SMILES string of the molecule is O=C(O)COc1cccc2c1OCC(=O)N2CCSC(c1ccccc1)c1ccccc1. The lowest BCUT2D eigenvalue weighted by atomic mass is 10.0. The third kappa shape index (κ3) is 5.06. The van der Waals surface area contributed by atoms with Crippen LogP contribution in [0.15, 0.2) is 78.9 Å². The molecule has 0 spiro atoms. The summed E-state index contributed by atoms with van der Waals surface area (Å²) in [4.78, 5) is 25.2. The van der Waals surface area contributed by atoms with E-state index in [0.717, 1.165) is 0 Å². The number of aliphatic carboxylic acids is 1. The van der Waals surface area contributed by atoms with Crippen LogP contribution in [-0.2, 0) is 9.59 Å². The molecule has 0 atom stereocenters. The van der Waals surface area contributed by atoms with E-state index in [1.807, 2.05) is 36.4 Å². The van der Waals surface area contributed by atoms with Gasteiger partial charge in [-0.25, -0.2) is 4.79 Å². The quantitative estimate of drug-likeness (QED) is 0.522. The Morgan fingerprint density at radius 3 is 2.28 bits per heavy atom. The van der Waals surface area contributed by atoms with Gasteiger partial charge in [-0.15, -0.1) is 11.8 Å². The first-order chi connectivity index (χ1) is 15.6. The third-order valence-corrected chi connectivity index (χ3v) is 6.34. The Labute approximate surface area is 190 Å². The Morgan fingerprint density at radius 1 is 1.00 bits per heavy atom. The van der Waals surface area contributed by atoms with Crippen LogP contribution in [0.5, 0.6) is 11.5 Å². The summed E-state index contributed by atoms with van der Waals surface area (Å²) in [5.41, 5.74) is 3.02. The number of carbonyl (C=O) groups excluding carboxylic acids is 1. The summed E-state index contributed by atoms with van der Waals surface area (Å²) >= 11 is 1.77. The molecule has 4 rings (SSSR count). The monoisotopic (exact) mass is 449 g/mol. The van der Waals surface area contributed by atoms with Crippen molar-refractivity contribution in [2.45, 2.75) is 5.25 Å². The van der Waals surface area contributed by atoms with Crippen LogP contribution >= 0.6 is 11.8 Å². The summed E-state index contributed by atoms with van der Waals surface area (Å²) in [6, 6.07) is 25.8. The summed E-state index contributed by atoms with van der Waals surface area (Å²) < 4.78 is 10.9. The summed E-state index contributed by atoms with van der Waals surface area (Å²) in [5.74, 6) is 0.224. The number of fused-ring (bicyclic) bond motifs is 1. The van der Waals surface area contributed by atoms with Crippen molar-refractivity contribution in [3.05, 3.63) is 90.0 Å². The van der Waals surface area contributed by atoms with Crippen LogP contribution < -0.4 is 14.4 Å². The zero-order valence-corrected chi connectivity index (χ0v) is 18.2. The van der Waals surface area contributed by atoms with Gasteiger partial charge in [-0.2, -0.15) is 0 Å². The lowest BCUT2D eigenvalue weighted by molar-refractivity contribution is -0.139. The number of carbonyl (C=O) groups is 2. The molecule has 1 aliphatic heterocycles. The Kier molecular flexibility index (Phi) is 6.97. The number of carboxylic acids is 1. The Morgan fingerprint density at radius 2 is 1.66 bits per heavy atom. The number of ether oxygens (including phenoxy) is 2. The van der Waals surface area contributed by atoms with E-state index < -0.39 is 12.6 Å². The van der Waals surface area contributed by atoms with E-state index in [-0.39, 0.29) is 17.8 Å². The maximum absolute atomic E-state index is 12.6. The molecule has 0 saturated carbocycles. The van der Waals surface area contributed by atoms with Crippen LogP contribution in [0, 0.1) is 0 Å². The normalized spacial score (nSPS) is 12.9. The van der Waals surface area contributed by atoms with Crippen molar-refractivity contribution in [3.8, 4) is 11.5 Å². The number of anilines is 1. The molecule has 1 aliphatic rings. The van der Waals surface area contributed by atoms with Gasteiger partial charge in [-0.1, -0.05) is 66.7 Å². The van der Waals surface area contributed by atoms with Crippen molar-refractivity contribution in [2.75, 3.05) is 30.4 Å².